The molecule has 2 aromatic rings. The monoisotopic (exact) mass is 403 g/mol. The second-order valence-electron chi connectivity index (χ2n) is 7.66. The van der Waals surface area contributed by atoms with Gasteiger partial charge in [0.2, 0.25) is 0 Å². The zero-order valence-corrected chi connectivity index (χ0v) is 16.3. The number of carboxylic acids is 1. The molecule has 0 bridgehead atoms. The minimum absolute atomic E-state index is 0.0520. The van der Waals surface area contributed by atoms with E-state index in [1.807, 2.05) is 24.3 Å². The number of carbonyl (C=O) groups is 1. The van der Waals surface area contributed by atoms with Gasteiger partial charge in [-0.15, -0.1) is 0 Å². The molecule has 1 saturated heterocycles. The van der Waals surface area contributed by atoms with Gasteiger partial charge in [0.15, 0.2) is 0 Å². The van der Waals surface area contributed by atoms with Gasteiger partial charge in [-0.1, -0.05) is 29.8 Å². The standard InChI is InChI=1S/C22H23ClFNO3/c23-19-6-2-1-4-15(19)12-25-9-3-5-16(13-25)28-21-11-20(24)18(22(26)27)10-17(21)14-7-8-14/h1-2,4,6,10-11,14,16H,3,5,7-9,12-13H2,(H,26,27). The number of hydrogen-bond acceptors (Lipinski definition) is 3. The summed E-state index contributed by atoms with van der Waals surface area (Å²) < 4.78 is 20.4. The van der Waals surface area contributed by atoms with Crippen LogP contribution in [0.5, 0.6) is 5.75 Å². The van der Waals surface area contributed by atoms with E-state index in [-0.39, 0.29) is 17.6 Å². The fourth-order valence-electron chi connectivity index (χ4n) is 3.85. The predicted octanol–water partition coefficient (Wildman–Crippen LogP) is 5.10. The highest BCUT2D eigenvalue weighted by atomic mass is 35.5. The van der Waals surface area contributed by atoms with Crippen molar-refractivity contribution in [2.75, 3.05) is 13.1 Å². The van der Waals surface area contributed by atoms with Gasteiger partial charge in [0.05, 0.1) is 5.56 Å². The minimum atomic E-state index is -1.24. The first-order chi connectivity index (χ1) is 13.5. The first-order valence-corrected chi connectivity index (χ1v) is 10.1. The number of hydrogen-bond donors (Lipinski definition) is 1. The van der Waals surface area contributed by atoms with E-state index >= 15 is 0 Å². The first kappa shape index (κ1) is 19.2. The molecule has 1 unspecified atom stereocenters. The normalized spacial score (nSPS) is 20.1. The zero-order valence-electron chi connectivity index (χ0n) is 15.5. The Morgan fingerprint density at radius 2 is 2.04 bits per heavy atom. The Morgan fingerprint density at radius 3 is 2.75 bits per heavy atom. The van der Waals surface area contributed by atoms with Crippen molar-refractivity contribution in [2.24, 2.45) is 0 Å². The van der Waals surface area contributed by atoms with Crippen LogP contribution in [0.4, 0.5) is 4.39 Å². The molecule has 1 saturated carbocycles. The van der Waals surface area contributed by atoms with Gasteiger partial charge in [0.1, 0.15) is 17.7 Å². The van der Waals surface area contributed by atoms with Crippen LogP contribution in [0.25, 0.3) is 0 Å². The average molecular weight is 404 g/mol. The number of rotatable bonds is 6. The number of ether oxygens (including phenoxy) is 1. The maximum Gasteiger partial charge on any atom is 0.338 e. The molecule has 0 amide bonds. The predicted molar refractivity (Wildman–Crippen MR) is 106 cm³/mol. The van der Waals surface area contributed by atoms with E-state index in [1.165, 1.54) is 12.1 Å². The highest BCUT2D eigenvalue weighted by molar-refractivity contribution is 6.31. The summed E-state index contributed by atoms with van der Waals surface area (Å²) in [5, 5.41) is 9.96. The van der Waals surface area contributed by atoms with Gasteiger partial charge in [-0.25, -0.2) is 9.18 Å². The van der Waals surface area contributed by atoms with E-state index in [4.69, 9.17) is 16.3 Å². The van der Waals surface area contributed by atoms with Gasteiger partial charge in [0, 0.05) is 24.2 Å². The highest BCUT2D eigenvalue weighted by Gasteiger charge is 2.31. The third-order valence-electron chi connectivity index (χ3n) is 5.45. The molecule has 2 fully saturated rings. The Hall–Kier alpha value is -2.11. The molecule has 28 heavy (non-hydrogen) atoms. The second-order valence-corrected chi connectivity index (χ2v) is 8.07. The molecule has 0 radical (unpaired) electrons. The van der Waals surface area contributed by atoms with E-state index in [0.717, 1.165) is 61.5 Å². The Morgan fingerprint density at radius 1 is 1.25 bits per heavy atom. The van der Waals surface area contributed by atoms with Gasteiger partial charge in [-0.3, -0.25) is 4.90 Å². The molecule has 4 rings (SSSR count). The largest absolute Gasteiger partial charge is 0.489 e. The van der Waals surface area contributed by atoms with E-state index in [2.05, 4.69) is 4.90 Å². The van der Waals surface area contributed by atoms with Crippen molar-refractivity contribution in [3.63, 3.8) is 0 Å². The van der Waals surface area contributed by atoms with Crippen LogP contribution in [-0.4, -0.2) is 35.2 Å². The molecule has 4 nitrogen and oxygen atoms in total. The summed E-state index contributed by atoms with van der Waals surface area (Å²) in [7, 11) is 0. The van der Waals surface area contributed by atoms with Crippen LogP contribution in [0.1, 0.15) is 53.1 Å². The summed E-state index contributed by atoms with van der Waals surface area (Å²) >= 11 is 6.28. The molecule has 1 aliphatic heterocycles. The molecule has 0 spiro atoms. The summed E-state index contributed by atoms with van der Waals surface area (Å²) in [6.45, 7) is 2.45. The van der Waals surface area contributed by atoms with Crippen LogP contribution in [0.2, 0.25) is 5.02 Å². The van der Waals surface area contributed by atoms with Gasteiger partial charge in [-0.05, 0) is 61.4 Å². The third-order valence-corrected chi connectivity index (χ3v) is 5.82. The Labute approximate surface area is 168 Å². The van der Waals surface area contributed by atoms with Gasteiger partial charge in [0.25, 0.3) is 0 Å². The Bertz CT molecular complexity index is 884. The fourth-order valence-corrected chi connectivity index (χ4v) is 4.05. The zero-order chi connectivity index (χ0) is 19.7. The smallest absolute Gasteiger partial charge is 0.338 e. The van der Waals surface area contributed by atoms with Crippen molar-refractivity contribution < 1.29 is 19.0 Å². The van der Waals surface area contributed by atoms with Crippen molar-refractivity contribution in [1.82, 2.24) is 4.90 Å². The second kappa shape index (κ2) is 8.10. The number of aromatic carboxylic acids is 1. The van der Waals surface area contributed by atoms with Crippen LogP contribution >= 0.6 is 11.6 Å². The van der Waals surface area contributed by atoms with E-state index < -0.39 is 11.8 Å². The molecule has 148 valence electrons. The number of piperidine rings is 1. The van der Waals surface area contributed by atoms with Crippen molar-refractivity contribution in [2.45, 2.75) is 44.2 Å². The van der Waals surface area contributed by atoms with Crippen molar-refractivity contribution in [3.05, 3.63) is 63.9 Å². The lowest BCUT2D eigenvalue weighted by molar-refractivity contribution is 0.0690. The SMILES string of the molecule is O=C(O)c1cc(C2CC2)c(OC2CCCN(Cc3ccccc3Cl)C2)cc1F. The lowest BCUT2D eigenvalue weighted by Gasteiger charge is -2.33. The van der Waals surface area contributed by atoms with Crippen LogP contribution in [0, 0.1) is 5.82 Å². The summed E-state index contributed by atoms with van der Waals surface area (Å²) in [4.78, 5) is 13.6. The quantitative estimate of drug-likeness (QED) is 0.729. The van der Waals surface area contributed by atoms with Crippen molar-refractivity contribution in [3.8, 4) is 5.75 Å². The maximum absolute atomic E-state index is 14.2. The van der Waals surface area contributed by atoms with Gasteiger partial charge < -0.3 is 9.84 Å². The molecule has 2 aliphatic rings. The average Bonchev–Trinajstić information content (AvgIpc) is 3.49. The Balaban J connectivity index is 1.49. The molecule has 1 atom stereocenters. The lowest BCUT2D eigenvalue weighted by atomic mass is 10.0. The highest BCUT2D eigenvalue weighted by Crippen LogP contribution is 2.45. The van der Waals surface area contributed by atoms with Gasteiger partial charge in [-0.2, -0.15) is 0 Å². The summed E-state index contributed by atoms with van der Waals surface area (Å²) in [5.74, 6) is -1.21. The topological polar surface area (TPSA) is 49.8 Å². The van der Waals surface area contributed by atoms with Crippen molar-refractivity contribution in [1.29, 1.82) is 0 Å². The van der Waals surface area contributed by atoms with Gasteiger partial charge >= 0.3 is 5.97 Å². The third kappa shape index (κ3) is 4.31. The molecule has 1 aliphatic carbocycles. The number of benzene rings is 2. The summed E-state index contributed by atoms with van der Waals surface area (Å²) in [6.07, 6.45) is 3.81. The molecular formula is C22H23ClFNO3. The fraction of sp³-hybridized carbons (Fsp3) is 0.409. The molecule has 1 N–H and O–H groups in total. The summed E-state index contributed by atoms with van der Waals surface area (Å²) in [6, 6.07) is 10.5. The number of likely N-dealkylation sites (tertiary alicyclic amines) is 1. The molecule has 0 aromatic heterocycles. The van der Waals surface area contributed by atoms with Crippen LogP contribution in [-0.2, 0) is 6.54 Å². The molecule has 2 aromatic carbocycles. The lowest BCUT2D eigenvalue weighted by Crippen LogP contribution is -2.40. The minimum Gasteiger partial charge on any atom is -0.489 e. The van der Waals surface area contributed by atoms with Crippen LogP contribution < -0.4 is 4.74 Å². The van der Waals surface area contributed by atoms with E-state index in [0.29, 0.717) is 5.75 Å². The summed E-state index contributed by atoms with van der Waals surface area (Å²) in [5.41, 5.74) is 1.63. The number of halogens is 2. The van der Waals surface area contributed by atoms with E-state index in [9.17, 15) is 14.3 Å². The van der Waals surface area contributed by atoms with E-state index in [1.54, 1.807) is 0 Å². The maximum atomic E-state index is 14.2. The molecule has 6 heteroatoms. The van der Waals surface area contributed by atoms with Crippen LogP contribution in [0.3, 0.4) is 0 Å². The van der Waals surface area contributed by atoms with Crippen LogP contribution in [0.15, 0.2) is 36.4 Å². The van der Waals surface area contributed by atoms with Crippen molar-refractivity contribution >= 4 is 17.6 Å². The first-order valence-electron chi connectivity index (χ1n) is 9.70. The number of carboxylic acid groups (broad SMARTS) is 1. The molecular weight excluding hydrogens is 381 g/mol. The Kier molecular flexibility index (Phi) is 5.56. The number of nitrogens with zero attached hydrogens (tertiary/aromatic N) is 1. The molecule has 1 heterocycles.